The molecule has 3 N–H and O–H groups in total. The third-order valence-corrected chi connectivity index (χ3v) is 3.98. The summed E-state index contributed by atoms with van der Waals surface area (Å²) < 4.78 is 0. The summed E-state index contributed by atoms with van der Waals surface area (Å²) in [5.41, 5.74) is 7.80. The van der Waals surface area contributed by atoms with Crippen molar-refractivity contribution in [2.75, 3.05) is 6.54 Å². The van der Waals surface area contributed by atoms with Gasteiger partial charge in [-0.05, 0) is 19.8 Å². The Morgan fingerprint density at radius 3 is 2.69 bits per heavy atom. The van der Waals surface area contributed by atoms with Crippen LogP contribution in [0.4, 0.5) is 0 Å². The summed E-state index contributed by atoms with van der Waals surface area (Å²) in [6.45, 7) is 8.32. The predicted molar refractivity (Wildman–Crippen MR) is 66.6 cm³/mol. The number of hydrogen-bond donors (Lipinski definition) is 2. The molecule has 0 aliphatic rings. The minimum Gasteiger partial charge on any atom is -0.345 e. The minimum atomic E-state index is -0.368. The number of hydrogen-bond acceptors (Lipinski definition) is 4. The van der Waals surface area contributed by atoms with E-state index in [4.69, 9.17) is 5.73 Å². The molecule has 1 heterocycles. The zero-order chi connectivity index (χ0) is 12.3. The number of nitrogens with zero attached hydrogens (tertiary/aromatic N) is 1. The summed E-state index contributed by atoms with van der Waals surface area (Å²) in [5.74, 6) is 0.205. The molecular weight excluding hydrogens is 222 g/mol. The van der Waals surface area contributed by atoms with Gasteiger partial charge in [-0.3, -0.25) is 4.79 Å². The first-order valence-electron chi connectivity index (χ1n) is 5.33. The Morgan fingerprint density at radius 1 is 1.69 bits per heavy atom. The Kier molecular flexibility index (Phi) is 4.04. The van der Waals surface area contributed by atoms with Gasteiger partial charge in [-0.1, -0.05) is 13.8 Å². The van der Waals surface area contributed by atoms with Crippen molar-refractivity contribution in [3.63, 3.8) is 0 Å². The van der Waals surface area contributed by atoms with Crippen LogP contribution < -0.4 is 11.1 Å². The average molecular weight is 241 g/mol. The molecule has 0 aliphatic carbocycles. The van der Waals surface area contributed by atoms with Crippen molar-refractivity contribution in [3.8, 4) is 0 Å². The molecule has 1 amide bonds. The van der Waals surface area contributed by atoms with E-state index in [9.17, 15) is 4.79 Å². The molecule has 0 radical (unpaired) electrons. The molecule has 1 aromatic heterocycles. The molecule has 0 saturated heterocycles. The van der Waals surface area contributed by atoms with Crippen LogP contribution in [0.2, 0.25) is 0 Å². The highest BCUT2D eigenvalue weighted by Crippen LogP contribution is 2.18. The van der Waals surface area contributed by atoms with Crippen LogP contribution in [0, 0.1) is 12.8 Å². The minimum absolute atomic E-state index is 0.0818. The molecule has 0 aliphatic heterocycles. The van der Waals surface area contributed by atoms with Gasteiger partial charge in [0.15, 0.2) is 0 Å². The Bertz CT molecular complexity index is 375. The van der Waals surface area contributed by atoms with Gasteiger partial charge < -0.3 is 11.1 Å². The molecule has 1 rings (SSSR count). The van der Waals surface area contributed by atoms with Crippen molar-refractivity contribution < 1.29 is 4.79 Å². The van der Waals surface area contributed by atoms with E-state index >= 15 is 0 Å². The topological polar surface area (TPSA) is 68.0 Å². The molecule has 0 fully saturated rings. The highest BCUT2D eigenvalue weighted by Gasteiger charge is 2.29. The van der Waals surface area contributed by atoms with Crippen LogP contribution >= 0.6 is 11.3 Å². The fraction of sp³-hybridized carbons (Fsp3) is 0.636. The van der Waals surface area contributed by atoms with E-state index in [-0.39, 0.29) is 17.4 Å². The number of nitrogens with two attached hydrogens (primary N) is 1. The standard InChI is InChI=1S/C11H19N3OS/c1-7(2)11(4,5-12)14-10(15)9-8(3)13-6-16-9/h6-7H,5,12H2,1-4H3,(H,14,15). The molecule has 16 heavy (non-hydrogen) atoms. The lowest BCUT2D eigenvalue weighted by Crippen LogP contribution is -2.54. The Balaban J connectivity index is 2.82. The van der Waals surface area contributed by atoms with Crippen molar-refractivity contribution in [2.24, 2.45) is 11.7 Å². The number of carbonyl (C=O) groups excluding carboxylic acids is 1. The first-order valence-corrected chi connectivity index (χ1v) is 6.21. The second-order valence-corrected chi connectivity index (χ2v) is 5.35. The Morgan fingerprint density at radius 2 is 2.31 bits per heavy atom. The van der Waals surface area contributed by atoms with Crippen LogP contribution in [0.15, 0.2) is 5.51 Å². The maximum atomic E-state index is 12.0. The molecular formula is C11H19N3OS. The predicted octanol–water partition coefficient (Wildman–Crippen LogP) is 1.55. The maximum Gasteiger partial charge on any atom is 0.263 e. The normalized spacial score (nSPS) is 14.9. The quantitative estimate of drug-likeness (QED) is 0.840. The van der Waals surface area contributed by atoms with Gasteiger partial charge in [0.1, 0.15) is 4.88 Å². The molecule has 0 bridgehead atoms. The summed E-state index contributed by atoms with van der Waals surface area (Å²) >= 11 is 1.36. The molecule has 1 aromatic rings. The number of thiazole rings is 1. The van der Waals surface area contributed by atoms with Crippen molar-refractivity contribution in [3.05, 3.63) is 16.1 Å². The van der Waals surface area contributed by atoms with Gasteiger partial charge in [-0.2, -0.15) is 0 Å². The summed E-state index contributed by atoms with van der Waals surface area (Å²) in [6.07, 6.45) is 0. The highest BCUT2D eigenvalue weighted by atomic mass is 32.1. The van der Waals surface area contributed by atoms with Gasteiger partial charge in [0.05, 0.1) is 16.7 Å². The molecule has 1 unspecified atom stereocenters. The Hall–Kier alpha value is -0.940. The third kappa shape index (κ3) is 2.59. The van der Waals surface area contributed by atoms with Gasteiger partial charge in [0.25, 0.3) is 5.91 Å². The van der Waals surface area contributed by atoms with Crippen molar-refractivity contribution in [1.29, 1.82) is 0 Å². The summed E-state index contributed by atoms with van der Waals surface area (Å²) in [7, 11) is 0. The first-order chi connectivity index (χ1) is 7.40. The van der Waals surface area contributed by atoms with Crippen LogP contribution in [-0.2, 0) is 0 Å². The fourth-order valence-electron chi connectivity index (χ4n) is 1.27. The van der Waals surface area contributed by atoms with Crippen LogP contribution in [-0.4, -0.2) is 23.0 Å². The maximum absolute atomic E-state index is 12.0. The fourth-order valence-corrected chi connectivity index (χ4v) is 1.96. The van der Waals surface area contributed by atoms with Gasteiger partial charge in [0, 0.05) is 6.54 Å². The number of nitrogens with one attached hydrogen (secondary N) is 1. The summed E-state index contributed by atoms with van der Waals surface area (Å²) in [6, 6.07) is 0. The molecule has 1 atom stereocenters. The van der Waals surface area contributed by atoms with Crippen LogP contribution in [0.5, 0.6) is 0 Å². The van der Waals surface area contributed by atoms with Crippen LogP contribution in [0.25, 0.3) is 0 Å². The van der Waals surface area contributed by atoms with Gasteiger partial charge >= 0.3 is 0 Å². The smallest absolute Gasteiger partial charge is 0.263 e. The van der Waals surface area contributed by atoms with Crippen LogP contribution in [0.3, 0.4) is 0 Å². The van der Waals surface area contributed by atoms with E-state index in [1.165, 1.54) is 11.3 Å². The van der Waals surface area contributed by atoms with E-state index in [1.54, 1.807) is 5.51 Å². The molecule has 90 valence electrons. The van der Waals surface area contributed by atoms with E-state index in [1.807, 2.05) is 27.7 Å². The van der Waals surface area contributed by atoms with E-state index in [2.05, 4.69) is 10.3 Å². The largest absolute Gasteiger partial charge is 0.345 e. The van der Waals surface area contributed by atoms with Crippen molar-refractivity contribution >= 4 is 17.2 Å². The number of rotatable bonds is 4. The summed E-state index contributed by atoms with van der Waals surface area (Å²) in [5, 5.41) is 2.99. The number of aromatic nitrogens is 1. The highest BCUT2D eigenvalue weighted by molar-refractivity contribution is 7.11. The van der Waals surface area contributed by atoms with Crippen molar-refractivity contribution in [1.82, 2.24) is 10.3 Å². The van der Waals surface area contributed by atoms with Crippen LogP contribution in [0.1, 0.15) is 36.1 Å². The Labute approximate surface area is 100 Å². The number of carbonyl (C=O) groups is 1. The summed E-state index contributed by atoms with van der Waals surface area (Å²) in [4.78, 5) is 16.7. The second kappa shape index (κ2) is 4.93. The number of amides is 1. The molecule has 0 spiro atoms. The lowest BCUT2D eigenvalue weighted by Gasteiger charge is -2.33. The van der Waals surface area contributed by atoms with E-state index in [0.717, 1.165) is 5.69 Å². The van der Waals surface area contributed by atoms with Gasteiger partial charge in [-0.25, -0.2) is 4.98 Å². The lowest BCUT2D eigenvalue weighted by molar-refractivity contribution is 0.0886. The monoisotopic (exact) mass is 241 g/mol. The van der Waals surface area contributed by atoms with Crippen molar-refractivity contribution in [2.45, 2.75) is 33.2 Å². The molecule has 5 heteroatoms. The lowest BCUT2D eigenvalue weighted by atomic mass is 9.88. The number of aryl methyl sites for hydroxylation is 1. The second-order valence-electron chi connectivity index (χ2n) is 4.50. The van der Waals surface area contributed by atoms with Gasteiger partial charge in [-0.15, -0.1) is 11.3 Å². The van der Waals surface area contributed by atoms with E-state index < -0.39 is 0 Å². The zero-order valence-corrected chi connectivity index (χ0v) is 11.0. The average Bonchev–Trinajstić information content (AvgIpc) is 2.64. The first kappa shape index (κ1) is 13.1. The molecule has 0 saturated carbocycles. The molecule has 0 aromatic carbocycles. The molecule has 4 nitrogen and oxygen atoms in total. The van der Waals surface area contributed by atoms with E-state index in [0.29, 0.717) is 11.4 Å². The zero-order valence-electron chi connectivity index (χ0n) is 10.2. The third-order valence-electron chi connectivity index (χ3n) is 3.05. The SMILES string of the molecule is Cc1ncsc1C(=O)NC(C)(CN)C(C)C. The van der Waals surface area contributed by atoms with Gasteiger partial charge in [0.2, 0.25) is 0 Å².